The minimum absolute atomic E-state index is 0.184. The first kappa shape index (κ1) is 48.5. The van der Waals surface area contributed by atoms with E-state index in [4.69, 9.17) is 19.1 Å². The van der Waals surface area contributed by atoms with Gasteiger partial charge in [-0.05, 0) is 44.9 Å². The number of unbranched alkanes of at least 4 members (excludes halogenated alkanes) is 19. The van der Waals surface area contributed by atoms with E-state index in [1.54, 1.807) is 0 Å². The number of aliphatic hydroxyl groups excluding tert-OH is 2. The number of carbonyl (C=O) groups excluding carboxylic acids is 2. The molecule has 0 fully saturated rings. The van der Waals surface area contributed by atoms with Crippen LogP contribution in [0.1, 0.15) is 174 Å². The fourth-order valence-electron chi connectivity index (χ4n) is 5.26. The van der Waals surface area contributed by atoms with Gasteiger partial charge < -0.3 is 24.6 Å². The van der Waals surface area contributed by atoms with Crippen LogP contribution in [0.25, 0.3) is 0 Å². The van der Waals surface area contributed by atoms with E-state index >= 15 is 0 Å². The minimum Gasteiger partial charge on any atom is -0.462 e. The molecule has 0 aromatic carbocycles. The monoisotopic (exact) mass is 732 g/mol. The number of aliphatic hydroxyl groups is 2. The summed E-state index contributed by atoms with van der Waals surface area (Å²) in [6.07, 6.45) is 32.8. The molecule has 0 spiro atoms. The zero-order chi connectivity index (χ0) is 37.0. The Morgan fingerprint density at radius 1 is 0.600 bits per heavy atom. The van der Waals surface area contributed by atoms with Crippen LogP contribution in [-0.2, 0) is 32.7 Å². The number of carbonyl (C=O) groups is 2. The van der Waals surface area contributed by atoms with Crippen LogP contribution in [0.4, 0.5) is 0 Å². The number of esters is 2. The minimum atomic E-state index is -4.61. The molecule has 0 radical (unpaired) electrons. The van der Waals surface area contributed by atoms with Crippen molar-refractivity contribution >= 4 is 19.8 Å². The van der Waals surface area contributed by atoms with Gasteiger partial charge in [0.1, 0.15) is 12.7 Å². The van der Waals surface area contributed by atoms with Gasteiger partial charge in [-0.3, -0.25) is 18.6 Å². The highest BCUT2D eigenvalue weighted by Gasteiger charge is 2.27. The lowest BCUT2D eigenvalue weighted by Gasteiger charge is -2.20. The highest BCUT2D eigenvalue weighted by molar-refractivity contribution is 7.47. The van der Waals surface area contributed by atoms with Crippen molar-refractivity contribution in [1.82, 2.24) is 0 Å². The first-order chi connectivity index (χ1) is 24.2. The van der Waals surface area contributed by atoms with Crippen LogP contribution in [0.15, 0.2) is 24.3 Å². The maximum Gasteiger partial charge on any atom is 0.472 e. The lowest BCUT2D eigenvalue weighted by atomic mass is 10.0. The summed E-state index contributed by atoms with van der Waals surface area (Å²) in [4.78, 5) is 34.8. The smallest absolute Gasteiger partial charge is 0.462 e. The van der Waals surface area contributed by atoms with Crippen LogP contribution in [0, 0.1) is 0 Å². The average Bonchev–Trinajstić information content (AvgIpc) is 3.10. The quantitative estimate of drug-likeness (QED) is 0.0244. The molecule has 3 atom stereocenters. The molecule has 0 aromatic heterocycles. The van der Waals surface area contributed by atoms with Crippen LogP contribution in [-0.4, -0.2) is 65.7 Å². The largest absolute Gasteiger partial charge is 0.472 e. The number of hydrogen-bond acceptors (Lipinski definition) is 9. The Bertz CT molecular complexity index is 894. The highest BCUT2D eigenvalue weighted by atomic mass is 31.2. The van der Waals surface area contributed by atoms with Gasteiger partial charge in [-0.25, -0.2) is 4.57 Å². The van der Waals surface area contributed by atoms with Gasteiger partial charge in [0.15, 0.2) is 6.10 Å². The summed E-state index contributed by atoms with van der Waals surface area (Å²) in [7, 11) is -4.61. The van der Waals surface area contributed by atoms with E-state index in [1.165, 1.54) is 77.0 Å². The third-order valence-electron chi connectivity index (χ3n) is 8.36. The summed E-state index contributed by atoms with van der Waals surface area (Å²) in [5.74, 6) is -0.938. The zero-order valence-electron chi connectivity index (χ0n) is 31.6. The van der Waals surface area contributed by atoms with E-state index in [0.29, 0.717) is 12.8 Å². The Hall–Kier alpha value is -1.55. The number of phosphoric ester groups is 1. The second-order valence-electron chi connectivity index (χ2n) is 13.3. The fourth-order valence-corrected chi connectivity index (χ4v) is 6.05. The molecule has 294 valence electrons. The predicted molar refractivity (Wildman–Crippen MR) is 201 cm³/mol. The summed E-state index contributed by atoms with van der Waals surface area (Å²) in [6.45, 7) is 2.33. The molecule has 0 aliphatic rings. The van der Waals surface area contributed by atoms with Gasteiger partial charge in [-0.1, -0.05) is 141 Å². The van der Waals surface area contributed by atoms with E-state index in [-0.39, 0.29) is 19.4 Å². The van der Waals surface area contributed by atoms with Crippen molar-refractivity contribution in [1.29, 1.82) is 0 Å². The Labute approximate surface area is 304 Å². The van der Waals surface area contributed by atoms with Crippen molar-refractivity contribution in [2.24, 2.45) is 0 Å². The van der Waals surface area contributed by atoms with E-state index < -0.39 is 51.8 Å². The van der Waals surface area contributed by atoms with Gasteiger partial charge in [0.05, 0.1) is 19.8 Å². The SMILES string of the molecule is CCCCC/C=C\C/C=C\CCCCCCCC(=O)OC[C@H](COP(=O)(O)OC[C@@H](O)CO)OC(=O)CCCCCCCCCCCCCC. The normalized spacial score (nSPS) is 14.3. The molecular weight excluding hydrogens is 659 g/mol. The number of phosphoric acid groups is 1. The summed E-state index contributed by atoms with van der Waals surface area (Å²) >= 11 is 0. The second-order valence-corrected chi connectivity index (χ2v) is 14.8. The Balaban J connectivity index is 4.36. The molecule has 0 aromatic rings. The molecule has 0 aliphatic heterocycles. The Morgan fingerprint density at radius 3 is 1.58 bits per heavy atom. The van der Waals surface area contributed by atoms with Crippen LogP contribution in [0.3, 0.4) is 0 Å². The number of hydrogen-bond donors (Lipinski definition) is 3. The number of rotatable bonds is 37. The first-order valence-corrected chi connectivity index (χ1v) is 21.3. The molecule has 0 saturated heterocycles. The van der Waals surface area contributed by atoms with Crippen molar-refractivity contribution in [3.8, 4) is 0 Å². The van der Waals surface area contributed by atoms with Gasteiger partial charge in [0.25, 0.3) is 0 Å². The first-order valence-electron chi connectivity index (χ1n) is 19.8. The average molecular weight is 733 g/mol. The predicted octanol–water partition coefficient (Wildman–Crippen LogP) is 9.83. The summed E-state index contributed by atoms with van der Waals surface area (Å²) in [5, 5.41) is 18.3. The molecule has 10 nitrogen and oxygen atoms in total. The molecule has 0 rings (SSSR count). The second kappa shape index (κ2) is 35.8. The molecular formula is C39H73O10P. The van der Waals surface area contributed by atoms with Gasteiger partial charge in [-0.2, -0.15) is 0 Å². The van der Waals surface area contributed by atoms with E-state index in [9.17, 15) is 24.2 Å². The molecule has 0 bridgehead atoms. The molecule has 50 heavy (non-hydrogen) atoms. The summed E-state index contributed by atoms with van der Waals surface area (Å²) in [6, 6.07) is 0. The van der Waals surface area contributed by atoms with Crippen LogP contribution in [0.5, 0.6) is 0 Å². The standard InChI is InChI=1S/C39H73O10P/c1-3-5-7-9-11-13-15-17-18-19-21-22-24-26-28-30-38(42)46-34-37(35-48-50(44,45)47-33-36(41)32-40)49-39(43)31-29-27-25-23-20-16-14-12-10-8-6-4-2/h11,13,17-18,36-37,40-41H,3-10,12,14-16,19-35H2,1-2H3,(H,44,45)/b13-11-,18-17-/t36-,37+/m0/s1. The van der Waals surface area contributed by atoms with E-state index in [0.717, 1.165) is 57.8 Å². The molecule has 3 N–H and O–H groups in total. The topological polar surface area (TPSA) is 149 Å². The molecule has 0 heterocycles. The fraction of sp³-hybridized carbons (Fsp3) is 0.846. The van der Waals surface area contributed by atoms with Gasteiger partial charge in [0, 0.05) is 12.8 Å². The van der Waals surface area contributed by atoms with Crippen LogP contribution >= 0.6 is 7.82 Å². The maximum absolute atomic E-state index is 12.5. The van der Waals surface area contributed by atoms with Gasteiger partial charge in [-0.15, -0.1) is 0 Å². The molecule has 0 aliphatic carbocycles. The molecule has 11 heteroatoms. The highest BCUT2D eigenvalue weighted by Crippen LogP contribution is 2.43. The zero-order valence-corrected chi connectivity index (χ0v) is 32.5. The third-order valence-corrected chi connectivity index (χ3v) is 9.31. The third kappa shape index (κ3) is 34.9. The number of ether oxygens (including phenoxy) is 2. The lowest BCUT2D eigenvalue weighted by Crippen LogP contribution is -2.29. The van der Waals surface area contributed by atoms with E-state index in [1.807, 2.05) is 0 Å². The Morgan fingerprint density at radius 2 is 1.04 bits per heavy atom. The van der Waals surface area contributed by atoms with Crippen LogP contribution < -0.4 is 0 Å². The van der Waals surface area contributed by atoms with Gasteiger partial charge >= 0.3 is 19.8 Å². The van der Waals surface area contributed by atoms with Crippen molar-refractivity contribution in [3.05, 3.63) is 24.3 Å². The lowest BCUT2D eigenvalue weighted by molar-refractivity contribution is -0.161. The molecule has 1 unspecified atom stereocenters. The maximum atomic E-state index is 12.5. The van der Waals surface area contributed by atoms with Crippen molar-refractivity contribution < 1.29 is 47.8 Å². The van der Waals surface area contributed by atoms with Crippen molar-refractivity contribution in [2.45, 2.75) is 187 Å². The Kier molecular flexibility index (Phi) is 34.7. The molecule has 0 saturated carbocycles. The van der Waals surface area contributed by atoms with Crippen LogP contribution in [0.2, 0.25) is 0 Å². The summed E-state index contributed by atoms with van der Waals surface area (Å²) in [5.41, 5.74) is 0. The molecule has 0 amide bonds. The van der Waals surface area contributed by atoms with Gasteiger partial charge in [0.2, 0.25) is 0 Å². The number of allylic oxidation sites excluding steroid dienone is 4. The van der Waals surface area contributed by atoms with Crippen molar-refractivity contribution in [3.63, 3.8) is 0 Å². The summed E-state index contributed by atoms with van der Waals surface area (Å²) < 4.78 is 32.6. The van der Waals surface area contributed by atoms with Crippen molar-refractivity contribution in [2.75, 3.05) is 26.4 Å². The van der Waals surface area contributed by atoms with E-state index in [2.05, 4.69) is 42.7 Å².